The van der Waals surface area contributed by atoms with Gasteiger partial charge < -0.3 is 4.57 Å². The second-order valence-electron chi connectivity index (χ2n) is 18.3. The number of aryl methyl sites for hydroxylation is 1. The summed E-state index contributed by atoms with van der Waals surface area (Å²) in [5.41, 5.74) is 17.7. The third-order valence-electron chi connectivity index (χ3n) is 15.2. The first-order chi connectivity index (χ1) is 33.1. The summed E-state index contributed by atoms with van der Waals surface area (Å²) in [4.78, 5) is 13.7. The van der Waals surface area contributed by atoms with Crippen LogP contribution >= 0.6 is 11.3 Å². The van der Waals surface area contributed by atoms with Gasteiger partial charge in [-0.25, -0.2) is 0 Å². The second-order valence-corrected chi connectivity index (χ2v) is 19.4. The summed E-state index contributed by atoms with van der Waals surface area (Å²) in [5, 5.41) is 10.4. The molecule has 16 rings (SSSR count). The van der Waals surface area contributed by atoms with E-state index in [4.69, 9.17) is 0 Å². The predicted molar refractivity (Wildman–Crippen MR) is 282 cm³/mol. The van der Waals surface area contributed by atoms with E-state index in [-0.39, 0.29) is 11.0 Å². The van der Waals surface area contributed by atoms with Crippen molar-refractivity contribution in [1.29, 1.82) is 0 Å². The van der Waals surface area contributed by atoms with Gasteiger partial charge in [0.25, 0.3) is 5.56 Å². The summed E-state index contributed by atoms with van der Waals surface area (Å²) < 4.78 is 6.85. The highest BCUT2D eigenvalue weighted by molar-refractivity contribution is 7.25. The van der Waals surface area contributed by atoms with Crippen molar-refractivity contribution in [3.8, 4) is 33.4 Å². The maximum absolute atomic E-state index is 13.7. The molecule has 0 amide bonds. The van der Waals surface area contributed by atoms with Gasteiger partial charge in [0, 0.05) is 70.6 Å². The summed E-state index contributed by atoms with van der Waals surface area (Å²) >= 11 is 1.83. The molecule has 0 saturated heterocycles. The molecule has 2 aliphatic rings. The Morgan fingerprint density at radius 3 is 1.60 bits per heavy atom. The highest BCUT2D eigenvalue weighted by Crippen LogP contribution is 2.63. The van der Waals surface area contributed by atoms with Gasteiger partial charge in [0.1, 0.15) is 0 Å². The van der Waals surface area contributed by atoms with Crippen LogP contribution in [-0.2, 0) is 12.5 Å². The van der Waals surface area contributed by atoms with E-state index in [2.05, 4.69) is 200 Å². The maximum atomic E-state index is 13.7. The topological polar surface area (TPSA) is 26.4 Å². The smallest absolute Gasteiger partial charge is 0.263 e. The summed E-state index contributed by atoms with van der Waals surface area (Å²) in [7, 11) is 2.19. The van der Waals surface area contributed by atoms with Gasteiger partial charge in [-0.05, 0) is 116 Å². The van der Waals surface area contributed by atoms with Crippen LogP contribution in [0.4, 0.5) is 0 Å². The SMILES string of the molecule is Cn1c2ccccc2c2cc3c(cc21)-c1ccccc1C31c2ccccc2-c2ccccc21.O=c1c2ccc(-c3ccc4sc5ccccc5c4c3)cc2c2cccc3c4ccccc4n1c23. The van der Waals surface area contributed by atoms with Gasteiger partial charge in [-0.3, -0.25) is 9.20 Å². The second kappa shape index (κ2) is 13.4. The van der Waals surface area contributed by atoms with Crippen molar-refractivity contribution in [3.05, 3.63) is 245 Å². The van der Waals surface area contributed by atoms with E-state index in [1.807, 2.05) is 40.0 Å². The molecule has 67 heavy (non-hydrogen) atoms. The molecule has 312 valence electrons. The van der Waals surface area contributed by atoms with E-state index in [9.17, 15) is 4.79 Å². The van der Waals surface area contributed by atoms with Crippen LogP contribution in [0.5, 0.6) is 0 Å². The first kappa shape index (κ1) is 37.0. The lowest BCUT2D eigenvalue weighted by Crippen LogP contribution is -2.25. The van der Waals surface area contributed by atoms with Gasteiger partial charge >= 0.3 is 0 Å². The molecule has 0 N–H and O–H groups in total. The van der Waals surface area contributed by atoms with Crippen LogP contribution in [0.2, 0.25) is 0 Å². The average molecular weight is 871 g/mol. The molecule has 0 atom stereocenters. The molecule has 2 aliphatic carbocycles. The van der Waals surface area contributed by atoms with E-state index >= 15 is 0 Å². The first-order valence-electron chi connectivity index (χ1n) is 23.0. The number of rotatable bonds is 1. The lowest BCUT2D eigenvalue weighted by Gasteiger charge is -2.30. The molecule has 0 radical (unpaired) electrons. The average Bonchev–Trinajstić information content (AvgIpc) is 4.16. The van der Waals surface area contributed by atoms with Crippen LogP contribution in [-0.4, -0.2) is 8.97 Å². The minimum Gasteiger partial charge on any atom is -0.344 e. The molecule has 0 unspecified atom stereocenters. The van der Waals surface area contributed by atoms with E-state index in [1.165, 1.54) is 92.0 Å². The van der Waals surface area contributed by atoms with Crippen LogP contribution in [0.25, 0.3) is 113 Å². The molecule has 0 aliphatic heterocycles. The molecule has 3 nitrogen and oxygen atoms in total. The Hall–Kier alpha value is -8.31. The van der Waals surface area contributed by atoms with E-state index in [0.717, 1.165) is 43.5 Å². The van der Waals surface area contributed by atoms with Crippen molar-refractivity contribution in [2.24, 2.45) is 7.05 Å². The largest absolute Gasteiger partial charge is 0.344 e. The van der Waals surface area contributed by atoms with Crippen LogP contribution < -0.4 is 5.56 Å². The predicted octanol–water partition coefficient (Wildman–Crippen LogP) is 15.9. The minimum atomic E-state index is -0.274. The molecule has 4 aromatic heterocycles. The zero-order valence-corrected chi connectivity index (χ0v) is 37.2. The van der Waals surface area contributed by atoms with Crippen LogP contribution in [0.1, 0.15) is 22.3 Å². The number of thiophene rings is 1. The van der Waals surface area contributed by atoms with E-state index < -0.39 is 0 Å². The molecule has 0 saturated carbocycles. The van der Waals surface area contributed by atoms with E-state index in [0.29, 0.717) is 0 Å². The zero-order chi connectivity index (χ0) is 44.1. The number of fused-ring (bicyclic) bond motifs is 21. The highest BCUT2D eigenvalue weighted by atomic mass is 32.1. The number of para-hydroxylation sites is 3. The van der Waals surface area contributed by atoms with Crippen molar-refractivity contribution in [2.45, 2.75) is 5.41 Å². The monoisotopic (exact) mass is 870 g/mol. The Bertz CT molecular complexity index is 4460. The number of pyridine rings is 1. The molecule has 4 heterocycles. The third kappa shape index (κ3) is 4.77. The summed E-state index contributed by atoms with van der Waals surface area (Å²) in [6, 6.07) is 76.8. The Kier molecular flexibility index (Phi) is 7.39. The van der Waals surface area contributed by atoms with Crippen LogP contribution in [0, 0.1) is 0 Å². The van der Waals surface area contributed by atoms with Crippen LogP contribution in [0.15, 0.2) is 217 Å². The molecular formula is C63H38N2OS. The fourth-order valence-electron chi connectivity index (χ4n) is 12.3. The molecule has 1 spiro atoms. The maximum Gasteiger partial charge on any atom is 0.263 e. The third-order valence-corrected chi connectivity index (χ3v) is 16.3. The standard InChI is InChI=1S/C32H21N.C31H17NOS/c1-33-30-17-9-5-13-23(30)25-18-29-24(19-31(25)33)22-12-4-8-16-28(22)32(29)26-14-6-2-10-20(26)21-11-3-7-15-27(21)32;33-31-24-14-12-18(19-13-15-29-26(17-19)21-7-2-4-11-28(21)34-29)16-25(24)23-9-5-8-22-20-6-1-3-10-27(20)32(31)30(22)23/h2-19H,1H3;1-17H. The van der Waals surface area contributed by atoms with Crippen molar-refractivity contribution in [2.75, 3.05) is 0 Å². The van der Waals surface area contributed by atoms with Crippen LogP contribution in [0.3, 0.4) is 0 Å². The van der Waals surface area contributed by atoms with Crippen molar-refractivity contribution in [3.63, 3.8) is 0 Å². The Labute approximate surface area is 389 Å². The lowest BCUT2D eigenvalue weighted by atomic mass is 9.70. The fraction of sp³-hybridized carbons (Fsp3) is 0.0317. The molecule has 0 fully saturated rings. The lowest BCUT2D eigenvalue weighted by molar-refractivity contribution is 0.795. The number of nitrogens with zero attached hydrogens (tertiary/aromatic N) is 2. The number of benzene rings is 10. The van der Waals surface area contributed by atoms with Crippen molar-refractivity contribution < 1.29 is 0 Å². The van der Waals surface area contributed by atoms with Gasteiger partial charge in [-0.1, -0.05) is 158 Å². The van der Waals surface area contributed by atoms with Crippen molar-refractivity contribution >= 4 is 91.3 Å². The van der Waals surface area contributed by atoms with Gasteiger partial charge in [0.15, 0.2) is 0 Å². The number of hydrogen-bond donors (Lipinski definition) is 0. The molecule has 4 heteroatoms. The summed E-state index contributed by atoms with van der Waals surface area (Å²) in [6.45, 7) is 0. The quantitative estimate of drug-likeness (QED) is 0.151. The molecule has 0 bridgehead atoms. The highest BCUT2D eigenvalue weighted by Gasteiger charge is 2.51. The van der Waals surface area contributed by atoms with Gasteiger partial charge in [-0.15, -0.1) is 11.3 Å². The van der Waals surface area contributed by atoms with E-state index in [1.54, 1.807) is 0 Å². The number of hydrogen-bond acceptors (Lipinski definition) is 2. The summed E-state index contributed by atoms with van der Waals surface area (Å²) in [6.07, 6.45) is 0. The minimum absolute atomic E-state index is 0.0470. The first-order valence-corrected chi connectivity index (χ1v) is 23.8. The number of aromatic nitrogens is 2. The molecular weight excluding hydrogens is 833 g/mol. The summed E-state index contributed by atoms with van der Waals surface area (Å²) in [5.74, 6) is 0. The van der Waals surface area contributed by atoms with Gasteiger partial charge in [0.05, 0.1) is 16.4 Å². The molecule has 14 aromatic rings. The Morgan fingerprint density at radius 1 is 0.358 bits per heavy atom. The Morgan fingerprint density at radius 2 is 0.881 bits per heavy atom. The van der Waals surface area contributed by atoms with Gasteiger partial charge in [-0.2, -0.15) is 0 Å². The fourth-order valence-corrected chi connectivity index (χ4v) is 13.4. The molecule has 10 aromatic carbocycles. The van der Waals surface area contributed by atoms with Crippen molar-refractivity contribution in [1.82, 2.24) is 8.97 Å². The Balaban J connectivity index is 0.000000122. The van der Waals surface area contributed by atoms with Gasteiger partial charge in [0.2, 0.25) is 0 Å². The normalized spacial score (nSPS) is 13.3. The zero-order valence-electron chi connectivity index (χ0n) is 36.4.